The van der Waals surface area contributed by atoms with Crippen LogP contribution in [0.2, 0.25) is 0 Å². The molecule has 1 atom stereocenters. The number of fused-ring (bicyclic) bond motifs is 1. The summed E-state index contributed by atoms with van der Waals surface area (Å²) in [6, 6.07) is 7.70. The number of anilines is 1. The lowest BCUT2D eigenvalue weighted by molar-refractivity contribution is 0.300. The zero-order chi connectivity index (χ0) is 12.3. The number of hydrogen-bond donors (Lipinski definition) is 2. The van der Waals surface area contributed by atoms with Gasteiger partial charge in [-0.2, -0.15) is 0 Å². The van der Waals surface area contributed by atoms with Gasteiger partial charge in [0, 0.05) is 10.6 Å². The lowest BCUT2D eigenvalue weighted by Crippen LogP contribution is -2.05. The second kappa shape index (κ2) is 5.33. The van der Waals surface area contributed by atoms with Crippen LogP contribution in [0.3, 0.4) is 0 Å². The Morgan fingerprint density at radius 3 is 2.88 bits per heavy atom. The smallest absolute Gasteiger partial charge is 0.141 e. The number of rotatable bonds is 4. The number of aliphatic hydroxyl groups is 1. The minimum atomic E-state index is 0.160. The van der Waals surface area contributed by atoms with Gasteiger partial charge in [-0.05, 0) is 12.1 Å². The molecule has 1 heterocycles. The lowest BCUT2D eigenvalue weighted by atomic mass is 10.2. The molecule has 0 bridgehead atoms. The van der Waals surface area contributed by atoms with Crippen LogP contribution in [-0.4, -0.2) is 26.9 Å². The molecule has 4 nitrogen and oxygen atoms in total. The second-order valence-electron chi connectivity index (χ2n) is 3.85. The average Bonchev–Trinajstić information content (AvgIpc) is 2.36. The molecule has 90 valence electrons. The van der Waals surface area contributed by atoms with Gasteiger partial charge in [0.15, 0.2) is 0 Å². The molecule has 0 aliphatic carbocycles. The number of nitrogens with zero attached hydrogens (tertiary/aromatic N) is 2. The van der Waals surface area contributed by atoms with Crippen LogP contribution in [0.5, 0.6) is 0 Å². The van der Waals surface area contributed by atoms with E-state index in [2.05, 4.69) is 9.97 Å². The number of hydrogen-bond acceptors (Lipinski definition) is 5. The normalized spacial score (nSPS) is 12.8. The highest BCUT2D eigenvalue weighted by Gasteiger charge is 2.07. The van der Waals surface area contributed by atoms with Crippen molar-refractivity contribution in [2.75, 3.05) is 12.3 Å². The molecule has 0 amide bonds. The molecule has 0 radical (unpaired) electrons. The molecule has 0 saturated carbocycles. The SMILES string of the molecule is CC(CO)SCc1nc(N)c2ccccc2n1. The summed E-state index contributed by atoms with van der Waals surface area (Å²) in [6.45, 7) is 2.13. The van der Waals surface area contributed by atoms with Crippen molar-refractivity contribution in [3.05, 3.63) is 30.1 Å². The summed E-state index contributed by atoms with van der Waals surface area (Å²) < 4.78 is 0. The van der Waals surface area contributed by atoms with Gasteiger partial charge in [0.25, 0.3) is 0 Å². The zero-order valence-electron chi connectivity index (χ0n) is 9.63. The van der Waals surface area contributed by atoms with Crippen molar-refractivity contribution in [3.8, 4) is 0 Å². The van der Waals surface area contributed by atoms with E-state index in [0.717, 1.165) is 10.9 Å². The molecule has 0 saturated heterocycles. The van der Waals surface area contributed by atoms with Crippen molar-refractivity contribution in [2.24, 2.45) is 0 Å². The summed E-state index contributed by atoms with van der Waals surface area (Å²) in [5.41, 5.74) is 6.75. The number of benzene rings is 1. The maximum atomic E-state index is 8.95. The molecule has 1 aromatic heterocycles. The minimum absolute atomic E-state index is 0.160. The summed E-state index contributed by atoms with van der Waals surface area (Å²) in [6.07, 6.45) is 0. The van der Waals surface area contributed by atoms with Gasteiger partial charge in [-0.1, -0.05) is 19.1 Å². The Morgan fingerprint density at radius 2 is 2.12 bits per heavy atom. The van der Waals surface area contributed by atoms with Crippen LogP contribution in [0.25, 0.3) is 10.9 Å². The monoisotopic (exact) mass is 249 g/mol. The van der Waals surface area contributed by atoms with E-state index in [4.69, 9.17) is 10.8 Å². The van der Waals surface area contributed by atoms with Gasteiger partial charge < -0.3 is 10.8 Å². The van der Waals surface area contributed by atoms with Crippen molar-refractivity contribution in [1.82, 2.24) is 9.97 Å². The van der Waals surface area contributed by atoms with E-state index in [1.165, 1.54) is 0 Å². The molecular formula is C12H15N3OS. The highest BCUT2D eigenvalue weighted by molar-refractivity contribution is 7.99. The van der Waals surface area contributed by atoms with Crippen LogP contribution < -0.4 is 5.73 Å². The van der Waals surface area contributed by atoms with Gasteiger partial charge in [-0.25, -0.2) is 9.97 Å². The third kappa shape index (κ3) is 2.87. The predicted octanol–water partition coefficient (Wildman–Crippen LogP) is 1.83. The fraction of sp³-hybridized carbons (Fsp3) is 0.333. The van der Waals surface area contributed by atoms with Crippen LogP contribution in [0, 0.1) is 0 Å². The largest absolute Gasteiger partial charge is 0.395 e. The van der Waals surface area contributed by atoms with Crippen molar-refractivity contribution >= 4 is 28.5 Å². The van der Waals surface area contributed by atoms with Crippen LogP contribution in [0.15, 0.2) is 24.3 Å². The van der Waals surface area contributed by atoms with Crippen molar-refractivity contribution < 1.29 is 5.11 Å². The Hall–Kier alpha value is -1.33. The third-order valence-corrected chi connectivity index (χ3v) is 3.58. The Bertz CT molecular complexity index is 518. The molecule has 3 N–H and O–H groups in total. The first kappa shape index (κ1) is 12.1. The van der Waals surface area contributed by atoms with Crippen molar-refractivity contribution in [3.63, 3.8) is 0 Å². The molecule has 0 fully saturated rings. The number of para-hydroxylation sites is 1. The van der Waals surface area contributed by atoms with E-state index in [0.29, 0.717) is 17.4 Å². The molecule has 17 heavy (non-hydrogen) atoms. The molecule has 1 aromatic carbocycles. The lowest BCUT2D eigenvalue weighted by Gasteiger charge is -2.08. The van der Waals surface area contributed by atoms with E-state index in [1.807, 2.05) is 31.2 Å². The molecule has 2 aromatic rings. The van der Waals surface area contributed by atoms with Gasteiger partial charge in [0.2, 0.25) is 0 Å². The first-order valence-electron chi connectivity index (χ1n) is 5.44. The van der Waals surface area contributed by atoms with E-state index in [1.54, 1.807) is 11.8 Å². The summed E-state index contributed by atoms with van der Waals surface area (Å²) in [4.78, 5) is 8.72. The Morgan fingerprint density at radius 1 is 1.35 bits per heavy atom. The molecular weight excluding hydrogens is 234 g/mol. The van der Waals surface area contributed by atoms with Gasteiger partial charge in [-0.3, -0.25) is 0 Å². The van der Waals surface area contributed by atoms with Gasteiger partial charge >= 0.3 is 0 Å². The quantitative estimate of drug-likeness (QED) is 0.865. The predicted molar refractivity (Wildman–Crippen MR) is 71.8 cm³/mol. The van der Waals surface area contributed by atoms with Crippen LogP contribution in [-0.2, 0) is 5.75 Å². The maximum absolute atomic E-state index is 8.95. The summed E-state index contributed by atoms with van der Waals surface area (Å²) >= 11 is 1.62. The number of aliphatic hydroxyl groups excluding tert-OH is 1. The number of thioether (sulfide) groups is 1. The van der Waals surface area contributed by atoms with Crippen molar-refractivity contribution in [2.45, 2.75) is 17.9 Å². The topological polar surface area (TPSA) is 72.0 Å². The van der Waals surface area contributed by atoms with E-state index >= 15 is 0 Å². The van der Waals surface area contributed by atoms with E-state index in [9.17, 15) is 0 Å². The Labute approximate surface area is 104 Å². The number of nitrogens with two attached hydrogens (primary N) is 1. The van der Waals surface area contributed by atoms with E-state index in [-0.39, 0.29) is 11.9 Å². The molecule has 2 rings (SSSR count). The summed E-state index contributed by atoms with van der Waals surface area (Å²) in [5.74, 6) is 1.89. The zero-order valence-corrected chi connectivity index (χ0v) is 10.4. The second-order valence-corrected chi connectivity index (χ2v) is 5.27. The summed E-state index contributed by atoms with van der Waals surface area (Å²) in [7, 11) is 0. The Kier molecular flexibility index (Phi) is 3.81. The van der Waals surface area contributed by atoms with Gasteiger partial charge in [-0.15, -0.1) is 11.8 Å². The fourth-order valence-corrected chi connectivity index (χ4v) is 2.15. The van der Waals surface area contributed by atoms with Crippen LogP contribution >= 0.6 is 11.8 Å². The van der Waals surface area contributed by atoms with Gasteiger partial charge in [0.1, 0.15) is 11.6 Å². The number of nitrogen functional groups attached to an aromatic ring is 1. The summed E-state index contributed by atoms with van der Waals surface area (Å²) in [5, 5.41) is 10.0. The van der Waals surface area contributed by atoms with E-state index < -0.39 is 0 Å². The first-order valence-corrected chi connectivity index (χ1v) is 6.49. The average molecular weight is 249 g/mol. The number of aromatic nitrogens is 2. The first-order chi connectivity index (χ1) is 8.20. The minimum Gasteiger partial charge on any atom is -0.395 e. The Balaban J connectivity index is 2.24. The van der Waals surface area contributed by atoms with Crippen LogP contribution in [0.4, 0.5) is 5.82 Å². The third-order valence-electron chi connectivity index (χ3n) is 2.43. The maximum Gasteiger partial charge on any atom is 0.141 e. The molecule has 1 unspecified atom stereocenters. The standard InChI is InChI=1S/C12H15N3OS/c1-8(6-16)17-7-11-14-10-5-3-2-4-9(10)12(13)15-11/h2-5,8,16H,6-7H2,1H3,(H2,13,14,15). The molecule has 5 heteroatoms. The fourth-order valence-electron chi connectivity index (χ4n) is 1.49. The molecule has 0 aliphatic heterocycles. The highest BCUT2D eigenvalue weighted by atomic mass is 32.2. The molecule has 0 spiro atoms. The highest BCUT2D eigenvalue weighted by Crippen LogP contribution is 2.20. The molecule has 0 aliphatic rings. The van der Waals surface area contributed by atoms with Crippen molar-refractivity contribution in [1.29, 1.82) is 0 Å². The van der Waals surface area contributed by atoms with Crippen LogP contribution in [0.1, 0.15) is 12.7 Å². The van der Waals surface area contributed by atoms with Gasteiger partial charge in [0.05, 0.1) is 17.9 Å².